The van der Waals surface area contributed by atoms with E-state index in [1.807, 2.05) is 23.5 Å². The highest BCUT2D eigenvalue weighted by molar-refractivity contribution is 7.11. The molecular weight excluding hydrogens is 288 g/mol. The van der Waals surface area contributed by atoms with Gasteiger partial charge in [0.15, 0.2) is 0 Å². The van der Waals surface area contributed by atoms with Crippen LogP contribution in [0.5, 0.6) is 0 Å². The lowest BCUT2D eigenvalue weighted by Gasteiger charge is -2.00. The van der Waals surface area contributed by atoms with Crippen LogP contribution in [0.15, 0.2) is 24.3 Å². The molecule has 0 unspecified atom stereocenters. The first kappa shape index (κ1) is 14.1. The van der Waals surface area contributed by atoms with Crippen LogP contribution in [0.4, 0.5) is 0 Å². The Kier molecular flexibility index (Phi) is 4.39. The van der Waals surface area contributed by atoms with E-state index in [-0.39, 0.29) is 0 Å². The Morgan fingerprint density at radius 1 is 1.30 bits per heavy atom. The van der Waals surface area contributed by atoms with Crippen molar-refractivity contribution in [3.05, 3.63) is 50.4 Å². The maximum Gasteiger partial charge on any atom is 0.0975 e. The van der Waals surface area contributed by atoms with Crippen molar-refractivity contribution in [2.24, 2.45) is 0 Å². The molecule has 1 heterocycles. The minimum Gasteiger partial charge on any atom is -0.312 e. The van der Waals surface area contributed by atoms with Crippen molar-refractivity contribution in [2.75, 3.05) is 6.54 Å². The molecule has 4 heteroatoms. The van der Waals surface area contributed by atoms with Crippen molar-refractivity contribution in [1.29, 1.82) is 0 Å². The van der Waals surface area contributed by atoms with Gasteiger partial charge < -0.3 is 5.32 Å². The van der Waals surface area contributed by atoms with Gasteiger partial charge >= 0.3 is 0 Å². The number of benzene rings is 1. The Labute approximate surface area is 129 Å². The van der Waals surface area contributed by atoms with Crippen molar-refractivity contribution >= 4 is 22.9 Å². The van der Waals surface area contributed by atoms with Crippen LogP contribution in [0.3, 0.4) is 0 Å². The fourth-order valence-corrected chi connectivity index (χ4v) is 3.59. The van der Waals surface area contributed by atoms with Crippen molar-refractivity contribution in [1.82, 2.24) is 10.3 Å². The van der Waals surface area contributed by atoms with Gasteiger partial charge in [0.2, 0.25) is 0 Å². The highest BCUT2D eigenvalue weighted by atomic mass is 35.5. The molecule has 0 atom stereocenters. The number of halogens is 1. The van der Waals surface area contributed by atoms with Gasteiger partial charge in [-0.15, -0.1) is 11.3 Å². The van der Waals surface area contributed by atoms with Crippen LogP contribution in [0.25, 0.3) is 0 Å². The highest BCUT2D eigenvalue weighted by Gasteiger charge is 2.29. The predicted molar refractivity (Wildman–Crippen MR) is 85.7 cm³/mol. The van der Waals surface area contributed by atoms with Crippen LogP contribution in [0, 0.1) is 0 Å². The fraction of sp³-hybridized carbons (Fsp3) is 0.438. The average molecular weight is 307 g/mol. The van der Waals surface area contributed by atoms with Crippen molar-refractivity contribution in [2.45, 2.75) is 38.6 Å². The number of thiazole rings is 1. The van der Waals surface area contributed by atoms with Crippen LogP contribution < -0.4 is 5.32 Å². The van der Waals surface area contributed by atoms with E-state index in [2.05, 4.69) is 24.4 Å². The van der Waals surface area contributed by atoms with Gasteiger partial charge in [0.1, 0.15) is 0 Å². The first-order valence-corrected chi connectivity index (χ1v) is 8.39. The van der Waals surface area contributed by atoms with Crippen molar-refractivity contribution in [3.8, 4) is 0 Å². The van der Waals surface area contributed by atoms with Crippen molar-refractivity contribution < 1.29 is 0 Å². The topological polar surface area (TPSA) is 24.9 Å². The van der Waals surface area contributed by atoms with E-state index < -0.39 is 0 Å². The zero-order chi connectivity index (χ0) is 13.9. The summed E-state index contributed by atoms with van der Waals surface area (Å²) in [6, 6.07) is 8.08. The van der Waals surface area contributed by atoms with Gasteiger partial charge in [-0.1, -0.05) is 30.7 Å². The second-order valence-corrected chi connectivity index (χ2v) is 6.88. The normalized spacial score (nSPS) is 14.7. The van der Waals surface area contributed by atoms with E-state index in [1.165, 1.54) is 34.0 Å². The Balaban J connectivity index is 1.77. The maximum atomic E-state index is 5.93. The largest absolute Gasteiger partial charge is 0.312 e. The molecule has 1 aliphatic carbocycles. The third-order valence-corrected chi connectivity index (χ3v) is 4.86. The first-order valence-electron chi connectivity index (χ1n) is 7.20. The molecule has 2 nitrogen and oxygen atoms in total. The molecule has 1 aromatic heterocycles. The molecule has 0 amide bonds. The highest BCUT2D eigenvalue weighted by Crippen LogP contribution is 2.42. The predicted octanol–water partition coefficient (Wildman–Crippen LogP) is 4.37. The van der Waals surface area contributed by atoms with Gasteiger partial charge in [0.25, 0.3) is 0 Å². The number of aromatic nitrogens is 1. The standard InChI is InChI=1S/C16H19ClN2S/c1-2-18-10-14-16(12-5-6-12)19-15(20-14)9-11-3-7-13(17)8-4-11/h3-4,7-8,12,18H,2,5-6,9-10H2,1H3. The van der Waals surface area contributed by atoms with E-state index in [0.29, 0.717) is 0 Å². The summed E-state index contributed by atoms with van der Waals surface area (Å²) < 4.78 is 0. The van der Waals surface area contributed by atoms with E-state index in [4.69, 9.17) is 16.6 Å². The number of nitrogens with zero attached hydrogens (tertiary/aromatic N) is 1. The molecule has 1 saturated carbocycles. The quantitative estimate of drug-likeness (QED) is 0.857. The van der Waals surface area contributed by atoms with Gasteiger partial charge in [-0.25, -0.2) is 4.98 Å². The fourth-order valence-electron chi connectivity index (χ4n) is 2.31. The molecule has 1 aromatic carbocycles. The van der Waals surface area contributed by atoms with Crippen LogP contribution in [0.2, 0.25) is 5.02 Å². The second-order valence-electron chi connectivity index (χ2n) is 5.27. The van der Waals surface area contributed by atoms with Crippen LogP contribution in [-0.4, -0.2) is 11.5 Å². The molecule has 1 N–H and O–H groups in total. The zero-order valence-electron chi connectivity index (χ0n) is 11.7. The molecule has 0 radical (unpaired) electrons. The summed E-state index contributed by atoms with van der Waals surface area (Å²) >= 11 is 7.79. The van der Waals surface area contributed by atoms with Gasteiger partial charge in [0.05, 0.1) is 10.7 Å². The second kappa shape index (κ2) is 6.25. The molecule has 3 rings (SSSR count). The number of hydrogen-bond acceptors (Lipinski definition) is 3. The van der Waals surface area contributed by atoms with Crippen molar-refractivity contribution in [3.63, 3.8) is 0 Å². The molecular formula is C16H19ClN2S. The van der Waals surface area contributed by atoms with E-state index >= 15 is 0 Å². The number of rotatable bonds is 6. The molecule has 20 heavy (non-hydrogen) atoms. The van der Waals surface area contributed by atoms with Crippen LogP contribution in [0.1, 0.15) is 46.8 Å². The molecule has 106 valence electrons. The Morgan fingerprint density at radius 3 is 2.70 bits per heavy atom. The Hall–Kier alpha value is -0.900. The Bertz CT molecular complexity index is 573. The van der Waals surface area contributed by atoms with Crippen LogP contribution in [-0.2, 0) is 13.0 Å². The molecule has 0 bridgehead atoms. The van der Waals surface area contributed by atoms with E-state index in [1.54, 1.807) is 0 Å². The third-order valence-electron chi connectivity index (χ3n) is 3.54. The third kappa shape index (κ3) is 3.40. The van der Waals surface area contributed by atoms with Gasteiger partial charge in [0, 0.05) is 28.8 Å². The van der Waals surface area contributed by atoms with Gasteiger partial charge in [-0.3, -0.25) is 0 Å². The minimum atomic E-state index is 0.721. The summed E-state index contributed by atoms with van der Waals surface area (Å²) in [5.41, 5.74) is 2.63. The summed E-state index contributed by atoms with van der Waals surface area (Å²) in [5.74, 6) is 0.721. The van der Waals surface area contributed by atoms with E-state index in [9.17, 15) is 0 Å². The lowest BCUT2D eigenvalue weighted by molar-refractivity contribution is 0.726. The molecule has 1 aliphatic rings. The zero-order valence-corrected chi connectivity index (χ0v) is 13.2. The van der Waals surface area contributed by atoms with Crippen LogP contribution >= 0.6 is 22.9 Å². The smallest absolute Gasteiger partial charge is 0.0975 e. The lowest BCUT2D eigenvalue weighted by Crippen LogP contribution is -2.11. The van der Waals surface area contributed by atoms with Gasteiger partial charge in [-0.05, 0) is 37.1 Å². The lowest BCUT2D eigenvalue weighted by atomic mass is 10.1. The molecule has 1 fully saturated rings. The summed E-state index contributed by atoms with van der Waals surface area (Å²) in [5, 5.41) is 5.44. The number of hydrogen-bond donors (Lipinski definition) is 1. The SMILES string of the molecule is CCNCc1sc(Cc2ccc(Cl)cc2)nc1C1CC1. The first-order chi connectivity index (χ1) is 9.76. The number of nitrogens with one attached hydrogen (secondary N) is 1. The Morgan fingerprint density at radius 2 is 2.05 bits per heavy atom. The monoisotopic (exact) mass is 306 g/mol. The summed E-state index contributed by atoms with van der Waals surface area (Å²) in [6.07, 6.45) is 3.53. The maximum absolute atomic E-state index is 5.93. The summed E-state index contributed by atoms with van der Waals surface area (Å²) in [4.78, 5) is 6.32. The van der Waals surface area contributed by atoms with Gasteiger partial charge in [-0.2, -0.15) is 0 Å². The molecule has 0 saturated heterocycles. The molecule has 0 spiro atoms. The summed E-state index contributed by atoms with van der Waals surface area (Å²) in [6.45, 7) is 4.11. The summed E-state index contributed by atoms with van der Waals surface area (Å²) in [7, 11) is 0. The van der Waals surface area contributed by atoms with E-state index in [0.717, 1.165) is 30.5 Å². The molecule has 2 aromatic rings. The molecule has 0 aliphatic heterocycles. The average Bonchev–Trinajstić information content (AvgIpc) is 3.22. The minimum absolute atomic E-state index is 0.721.